The number of fused-ring (bicyclic) bond motifs is 2. The zero-order valence-electron chi connectivity index (χ0n) is 18.7. The van der Waals surface area contributed by atoms with Gasteiger partial charge < -0.3 is 18.6 Å². The van der Waals surface area contributed by atoms with Crippen LogP contribution < -0.4 is 25.2 Å². The fourth-order valence-electron chi connectivity index (χ4n) is 3.97. The first-order valence-electron chi connectivity index (χ1n) is 10.4. The summed E-state index contributed by atoms with van der Waals surface area (Å²) in [5.41, 5.74) is 0.367. The van der Waals surface area contributed by atoms with Crippen LogP contribution in [0.15, 0.2) is 80.7 Å². The molecule has 2 heterocycles. The molecule has 8 nitrogen and oxygen atoms in total. The smallest absolute Gasteiger partial charge is 0.273 e. The van der Waals surface area contributed by atoms with Gasteiger partial charge in [-0.1, -0.05) is 30.3 Å². The van der Waals surface area contributed by atoms with Gasteiger partial charge >= 0.3 is 0 Å². The summed E-state index contributed by atoms with van der Waals surface area (Å²) in [6.45, 7) is 0. The van der Waals surface area contributed by atoms with Gasteiger partial charge in [0.25, 0.3) is 5.56 Å². The summed E-state index contributed by atoms with van der Waals surface area (Å²) in [5, 5.41) is 0.188. The predicted octanol–water partition coefficient (Wildman–Crippen LogP) is 4.18. The van der Waals surface area contributed by atoms with E-state index in [0.29, 0.717) is 39.5 Å². The van der Waals surface area contributed by atoms with Gasteiger partial charge in [-0.3, -0.25) is 14.2 Å². The van der Waals surface area contributed by atoms with Crippen LogP contribution in [0.3, 0.4) is 0 Å². The molecule has 2 aromatic heterocycles. The minimum atomic E-state index is -0.542. The molecule has 170 valence electrons. The molecule has 0 unspecified atom stereocenters. The van der Waals surface area contributed by atoms with Crippen molar-refractivity contribution in [1.82, 2.24) is 9.55 Å². The SMILES string of the molecule is COc1cc(-c2nc3oc4ccccc4c(=O)c3c(=O)n2-c2ccccc2)cc(OC)c1OC. The highest BCUT2D eigenvalue weighted by atomic mass is 16.5. The maximum absolute atomic E-state index is 13.8. The average Bonchev–Trinajstić information content (AvgIpc) is 2.88. The zero-order valence-corrected chi connectivity index (χ0v) is 18.7. The molecule has 0 aliphatic heterocycles. The maximum Gasteiger partial charge on any atom is 0.273 e. The Labute approximate surface area is 193 Å². The lowest BCUT2D eigenvalue weighted by Crippen LogP contribution is -2.26. The molecule has 3 aromatic carbocycles. The van der Waals surface area contributed by atoms with E-state index in [1.165, 1.54) is 25.9 Å². The van der Waals surface area contributed by atoms with E-state index in [0.717, 1.165) is 0 Å². The maximum atomic E-state index is 13.8. The standard InChI is InChI=1S/C26H20N2O6/c1-31-19-13-15(14-20(32-2)23(19)33-3)24-27-25-21(22(29)17-11-7-8-12-18(17)34-25)26(30)28(24)16-9-5-4-6-10-16/h4-14H,1-3H3. The largest absolute Gasteiger partial charge is 0.493 e. The molecule has 0 spiro atoms. The molecule has 0 saturated heterocycles. The first kappa shape index (κ1) is 21.3. The minimum Gasteiger partial charge on any atom is -0.493 e. The number of rotatable bonds is 5. The highest BCUT2D eigenvalue weighted by molar-refractivity contribution is 5.88. The number of para-hydroxylation sites is 2. The van der Waals surface area contributed by atoms with E-state index in [9.17, 15) is 9.59 Å². The van der Waals surface area contributed by atoms with Crippen molar-refractivity contribution in [1.29, 1.82) is 0 Å². The highest BCUT2D eigenvalue weighted by Gasteiger charge is 2.22. The Bertz CT molecular complexity index is 1630. The third kappa shape index (κ3) is 3.27. The lowest BCUT2D eigenvalue weighted by atomic mass is 10.1. The Hall–Kier alpha value is -4.59. The fourth-order valence-corrected chi connectivity index (χ4v) is 3.97. The van der Waals surface area contributed by atoms with Crippen molar-refractivity contribution in [3.05, 3.63) is 87.3 Å². The summed E-state index contributed by atoms with van der Waals surface area (Å²) in [4.78, 5) is 31.7. The van der Waals surface area contributed by atoms with Crippen molar-refractivity contribution in [2.24, 2.45) is 0 Å². The van der Waals surface area contributed by atoms with Crippen molar-refractivity contribution in [3.63, 3.8) is 0 Å². The number of nitrogens with zero attached hydrogens (tertiary/aromatic N) is 2. The Morgan fingerprint density at radius 1 is 0.824 bits per heavy atom. The van der Waals surface area contributed by atoms with Crippen LogP contribution in [0.4, 0.5) is 0 Å². The lowest BCUT2D eigenvalue weighted by molar-refractivity contribution is 0.324. The number of methoxy groups -OCH3 is 3. The Balaban J connectivity index is 1.95. The van der Waals surface area contributed by atoms with E-state index in [4.69, 9.17) is 18.6 Å². The zero-order chi connectivity index (χ0) is 23.8. The number of ether oxygens (including phenoxy) is 3. The molecule has 0 aliphatic carbocycles. The fraction of sp³-hybridized carbons (Fsp3) is 0.115. The molecule has 0 amide bonds. The molecule has 0 aliphatic rings. The van der Waals surface area contributed by atoms with Crippen LogP contribution in [0.1, 0.15) is 0 Å². The van der Waals surface area contributed by atoms with E-state index < -0.39 is 11.0 Å². The molecule has 0 saturated carbocycles. The second-order valence-electron chi connectivity index (χ2n) is 7.43. The first-order valence-corrected chi connectivity index (χ1v) is 10.4. The van der Waals surface area contributed by atoms with Crippen molar-refractivity contribution in [2.45, 2.75) is 0 Å². The normalized spacial score (nSPS) is 11.0. The first-order chi connectivity index (χ1) is 16.6. The quantitative estimate of drug-likeness (QED) is 0.366. The molecule has 5 aromatic rings. The molecule has 0 N–H and O–H groups in total. The van der Waals surface area contributed by atoms with Crippen LogP contribution in [0, 0.1) is 0 Å². The number of hydrogen-bond donors (Lipinski definition) is 0. The Kier molecular flexibility index (Phi) is 5.25. The van der Waals surface area contributed by atoms with Gasteiger partial charge in [0.05, 0.1) is 32.4 Å². The van der Waals surface area contributed by atoms with E-state index in [1.807, 2.05) is 6.07 Å². The van der Waals surface area contributed by atoms with Gasteiger partial charge in [-0.15, -0.1) is 0 Å². The monoisotopic (exact) mass is 456 g/mol. The molecule has 0 radical (unpaired) electrons. The van der Waals surface area contributed by atoms with Crippen LogP contribution in [0.5, 0.6) is 17.2 Å². The Morgan fingerprint density at radius 2 is 1.47 bits per heavy atom. The van der Waals surface area contributed by atoms with Gasteiger partial charge in [-0.25, -0.2) is 0 Å². The predicted molar refractivity (Wildman–Crippen MR) is 128 cm³/mol. The van der Waals surface area contributed by atoms with Crippen molar-refractivity contribution in [3.8, 4) is 34.3 Å². The van der Waals surface area contributed by atoms with Gasteiger partial charge in [-0.2, -0.15) is 4.98 Å². The van der Waals surface area contributed by atoms with Gasteiger partial charge in [0.15, 0.2) is 22.7 Å². The highest BCUT2D eigenvalue weighted by Crippen LogP contribution is 2.41. The molecule has 34 heavy (non-hydrogen) atoms. The molecule has 8 heteroatoms. The summed E-state index contributed by atoms with van der Waals surface area (Å²) in [6, 6.07) is 19.1. The third-order valence-electron chi connectivity index (χ3n) is 5.55. The van der Waals surface area contributed by atoms with Gasteiger partial charge in [0.1, 0.15) is 5.58 Å². The summed E-state index contributed by atoms with van der Waals surface area (Å²) < 4.78 is 23.7. The van der Waals surface area contributed by atoms with Crippen molar-refractivity contribution < 1.29 is 18.6 Å². The topological polar surface area (TPSA) is 92.8 Å². The van der Waals surface area contributed by atoms with E-state index in [1.54, 1.807) is 60.7 Å². The molecule has 5 rings (SSSR count). The number of hydrogen-bond acceptors (Lipinski definition) is 7. The summed E-state index contributed by atoms with van der Waals surface area (Å²) in [5.74, 6) is 1.44. The average molecular weight is 456 g/mol. The number of aromatic nitrogens is 2. The lowest BCUT2D eigenvalue weighted by Gasteiger charge is -2.17. The summed E-state index contributed by atoms with van der Waals surface area (Å²) in [7, 11) is 4.52. The third-order valence-corrected chi connectivity index (χ3v) is 5.55. The summed E-state index contributed by atoms with van der Waals surface area (Å²) in [6.07, 6.45) is 0. The van der Waals surface area contributed by atoms with E-state index in [-0.39, 0.29) is 16.9 Å². The second-order valence-corrected chi connectivity index (χ2v) is 7.43. The second kappa shape index (κ2) is 8.40. The van der Waals surface area contributed by atoms with Gasteiger partial charge in [0, 0.05) is 5.56 Å². The summed E-state index contributed by atoms with van der Waals surface area (Å²) >= 11 is 0. The van der Waals surface area contributed by atoms with Gasteiger partial charge in [0.2, 0.25) is 16.9 Å². The van der Waals surface area contributed by atoms with Gasteiger partial charge in [-0.05, 0) is 36.4 Å². The molecular weight excluding hydrogens is 436 g/mol. The molecular formula is C26H20N2O6. The van der Waals surface area contributed by atoms with Crippen LogP contribution in [0.2, 0.25) is 0 Å². The van der Waals surface area contributed by atoms with Crippen molar-refractivity contribution in [2.75, 3.05) is 21.3 Å². The molecule has 0 atom stereocenters. The van der Waals surface area contributed by atoms with E-state index >= 15 is 0 Å². The molecule has 0 fully saturated rings. The van der Waals surface area contributed by atoms with Crippen LogP contribution in [-0.4, -0.2) is 30.9 Å². The van der Waals surface area contributed by atoms with Crippen LogP contribution >= 0.6 is 0 Å². The van der Waals surface area contributed by atoms with E-state index in [2.05, 4.69) is 4.98 Å². The van der Waals surface area contributed by atoms with Crippen molar-refractivity contribution >= 4 is 22.1 Å². The van der Waals surface area contributed by atoms with Crippen LogP contribution in [0.25, 0.3) is 39.1 Å². The van der Waals surface area contributed by atoms with Crippen LogP contribution in [-0.2, 0) is 0 Å². The molecule has 0 bridgehead atoms. The number of benzene rings is 3. The minimum absolute atomic E-state index is 0.0513. The Morgan fingerprint density at radius 3 is 2.12 bits per heavy atom.